The number of nitrogens with one attached hydrogen (secondary N) is 1. The molecule has 4 N–H and O–H groups in total. The number of benzene rings is 2. The van der Waals surface area contributed by atoms with Crippen LogP contribution in [0.1, 0.15) is 12.5 Å². The van der Waals surface area contributed by atoms with Gasteiger partial charge in [-0.2, -0.15) is 0 Å². The van der Waals surface area contributed by atoms with Crippen LogP contribution in [-0.2, 0) is 16.1 Å². The highest BCUT2D eigenvalue weighted by Gasteiger charge is 2.19. The molecule has 0 fully saturated rings. The predicted molar refractivity (Wildman–Crippen MR) is 163 cm³/mol. The van der Waals surface area contributed by atoms with Crippen molar-refractivity contribution < 1.29 is 14.7 Å². The maximum atomic E-state index is 12.7. The van der Waals surface area contributed by atoms with Gasteiger partial charge in [0.1, 0.15) is 11.3 Å². The van der Waals surface area contributed by atoms with Crippen molar-refractivity contribution in [2.24, 2.45) is 0 Å². The number of pyridine rings is 2. The molecule has 3 aromatic heterocycles. The molecule has 9 heteroatoms. The number of amides is 1. The summed E-state index contributed by atoms with van der Waals surface area (Å²) in [6, 6.07) is 25.2. The molecule has 0 atom stereocenters. The Kier molecular flexibility index (Phi) is 8.29. The molecule has 0 spiro atoms. The second-order valence-electron chi connectivity index (χ2n) is 9.26. The number of nitrogen functional groups attached to an aromatic ring is 1. The molecule has 1 amide bonds. The minimum Gasteiger partial charge on any atom is -0.515 e. The largest absolute Gasteiger partial charge is 0.515 e. The first-order valence-corrected chi connectivity index (χ1v) is 13.2. The number of rotatable bonds is 9. The number of carbonyl (C=O) groups excluding carboxylic acids is 2. The van der Waals surface area contributed by atoms with Crippen LogP contribution in [0.2, 0.25) is 0 Å². The number of carbonyl (C=O) groups is 2. The molecule has 0 aliphatic rings. The maximum absolute atomic E-state index is 12.7. The number of allylic oxidation sites excluding steroid dienone is 3. The van der Waals surface area contributed by atoms with Crippen LogP contribution in [-0.4, -0.2) is 36.3 Å². The van der Waals surface area contributed by atoms with Crippen molar-refractivity contribution in [1.29, 1.82) is 0 Å². The van der Waals surface area contributed by atoms with Gasteiger partial charge in [0.05, 0.1) is 17.5 Å². The van der Waals surface area contributed by atoms with Crippen molar-refractivity contribution in [3.05, 3.63) is 127 Å². The van der Waals surface area contributed by atoms with E-state index in [0.29, 0.717) is 40.2 Å². The second kappa shape index (κ2) is 12.6. The molecule has 0 saturated heterocycles. The Balaban J connectivity index is 1.46. The van der Waals surface area contributed by atoms with E-state index >= 15 is 0 Å². The summed E-state index contributed by atoms with van der Waals surface area (Å²) < 4.78 is 1.96. The molecule has 2 aromatic carbocycles. The van der Waals surface area contributed by atoms with Gasteiger partial charge in [0, 0.05) is 35.6 Å². The number of imidazole rings is 1. The minimum absolute atomic E-state index is 0.276. The third kappa shape index (κ3) is 6.00. The summed E-state index contributed by atoms with van der Waals surface area (Å²) in [6.07, 6.45) is 7.53. The van der Waals surface area contributed by atoms with Crippen molar-refractivity contribution in [1.82, 2.24) is 24.8 Å². The molecule has 0 bridgehead atoms. The maximum Gasteiger partial charge on any atom is 0.251 e. The summed E-state index contributed by atoms with van der Waals surface area (Å²) in [5.74, 6) is 0.222. The normalized spacial score (nSPS) is 11.9. The zero-order valence-electron chi connectivity index (χ0n) is 22.8. The molecule has 208 valence electrons. The van der Waals surface area contributed by atoms with Gasteiger partial charge in [0.15, 0.2) is 17.3 Å². The zero-order chi connectivity index (χ0) is 29.5. The van der Waals surface area contributed by atoms with Crippen molar-refractivity contribution in [2.45, 2.75) is 13.5 Å². The highest BCUT2D eigenvalue weighted by molar-refractivity contribution is 6.02. The number of aromatic nitrogens is 4. The molecule has 42 heavy (non-hydrogen) atoms. The van der Waals surface area contributed by atoms with Crippen LogP contribution in [0, 0.1) is 0 Å². The van der Waals surface area contributed by atoms with Gasteiger partial charge in [0.25, 0.3) is 5.91 Å². The molecule has 5 rings (SSSR count). The van der Waals surface area contributed by atoms with Crippen LogP contribution < -0.4 is 11.1 Å². The Morgan fingerprint density at radius 2 is 1.71 bits per heavy atom. The van der Waals surface area contributed by atoms with E-state index in [9.17, 15) is 9.59 Å². The highest BCUT2D eigenvalue weighted by Crippen LogP contribution is 2.31. The molecule has 0 unspecified atom stereocenters. The van der Waals surface area contributed by atoms with Crippen molar-refractivity contribution in [3.8, 4) is 28.3 Å². The van der Waals surface area contributed by atoms with Gasteiger partial charge in [-0.3, -0.25) is 14.2 Å². The number of aliphatic hydroxyl groups is 1. The first-order chi connectivity index (χ1) is 20.5. The Morgan fingerprint density at radius 3 is 2.43 bits per heavy atom. The van der Waals surface area contributed by atoms with Gasteiger partial charge < -0.3 is 16.2 Å². The highest BCUT2D eigenvalue weighted by atomic mass is 16.2. The molecule has 5 aromatic rings. The molecule has 3 heterocycles. The average molecular weight is 557 g/mol. The summed E-state index contributed by atoms with van der Waals surface area (Å²) in [6.45, 7) is 1.98. The number of aliphatic hydroxyl groups excluding tert-OH is 1. The molecule has 0 radical (unpaired) electrons. The third-order valence-electron chi connectivity index (χ3n) is 6.54. The number of hydrogen-bond donors (Lipinski definition) is 3. The van der Waals surface area contributed by atoms with Crippen molar-refractivity contribution >= 4 is 28.7 Å². The van der Waals surface area contributed by atoms with Crippen molar-refractivity contribution in [3.63, 3.8) is 0 Å². The minimum atomic E-state index is -0.426. The molecule has 0 saturated carbocycles. The lowest BCUT2D eigenvalue weighted by Crippen LogP contribution is -2.23. The molecule has 0 aliphatic heterocycles. The molecule has 9 nitrogen and oxygen atoms in total. The first-order valence-electron chi connectivity index (χ1n) is 13.2. The van der Waals surface area contributed by atoms with Gasteiger partial charge in [0.2, 0.25) is 0 Å². The summed E-state index contributed by atoms with van der Waals surface area (Å²) in [5, 5.41) is 11.6. The summed E-state index contributed by atoms with van der Waals surface area (Å²) in [4.78, 5) is 38.3. The van der Waals surface area contributed by atoms with Gasteiger partial charge in [-0.15, -0.1) is 0 Å². The first kappa shape index (κ1) is 27.7. The number of nitrogens with two attached hydrogens (primary N) is 1. The lowest BCUT2D eigenvalue weighted by molar-refractivity contribution is -0.117. The molecular formula is C33H28N6O3. The number of hydrogen-bond acceptors (Lipinski definition) is 7. The Morgan fingerprint density at radius 1 is 0.929 bits per heavy atom. The van der Waals surface area contributed by atoms with E-state index in [2.05, 4.69) is 10.3 Å². The predicted octanol–water partition coefficient (Wildman–Crippen LogP) is 5.49. The van der Waals surface area contributed by atoms with E-state index in [0.717, 1.165) is 28.6 Å². The topological polar surface area (TPSA) is 136 Å². The third-order valence-corrected chi connectivity index (χ3v) is 6.54. The van der Waals surface area contributed by atoms with Crippen LogP contribution in [0.3, 0.4) is 0 Å². The van der Waals surface area contributed by atoms with Crippen LogP contribution in [0.25, 0.3) is 39.5 Å². The molecular weight excluding hydrogens is 528 g/mol. The smallest absolute Gasteiger partial charge is 0.251 e. The second-order valence-corrected chi connectivity index (χ2v) is 9.26. The summed E-state index contributed by atoms with van der Waals surface area (Å²) >= 11 is 0. The standard InChI is InChI=1S/C33H28N6O3/c1-2-23(12-15-26(41)18-20-40)33(42)36-21-22-10-13-25(14-11-22)39-31(27-9-6-19-35-30(27)34)38-29-17-16-28(37-32(29)39)24-7-4-3-5-8-24/h2-20,40H,21H2,1H3,(H2,34,35)(H,36,42)/b15-12-,20-18-,23-2+. The Hall–Kier alpha value is -5.83. The van der Waals surface area contributed by atoms with Crippen LogP contribution in [0.5, 0.6) is 0 Å². The summed E-state index contributed by atoms with van der Waals surface area (Å²) in [5.41, 5.74) is 12.2. The number of nitrogens with zero attached hydrogens (tertiary/aromatic N) is 4. The van der Waals surface area contributed by atoms with Gasteiger partial charge in [-0.1, -0.05) is 48.5 Å². The quantitative estimate of drug-likeness (QED) is 0.124. The van der Waals surface area contributed by atoms with Crippen LogP contribution in [0.4, 0.5) is 5.82 Å². The average Bonchev–Trinajstić information content (AvgIpc) is 3.40. The van der Waals surface area contributed by atoms with Crippen LogP contribution in [0.15, 0.2) is 121 Å². The van der Waals surface area contributed by atoms with E-state index < -0.39 is 5.78 Å². The number of fused-ring (bicyclic) bond motifs is 1. The summed E-state index contributed by atoms with van der Waals surface area (Å²) in [7, 11) is 0. The monoisotopic (exact) mass is 556 g/mol. The van der Waals surface area contributed by atoms with Crippen LogP contribution >= 0.6 is 0 Å². The number of ketones is 1. The van der Waals surface area contributed by atoms with Gasteiger partial charge in [-0.25, -0.2) is 15.0 Å². The fraction of sp³-hybridized carbons (Fsp3) is 0.0606. The van der Waals surface area contributed by atoms with E-state index in [1.54, 1.807) is 19.2 Å². The lowest BCUT2D eigenvalue weighted by atomic mass is 10.1. The fourth-order valence-corrected chi connectivity index (χ4v) is 4.41. The van der Waals surface area contributed by atoms with Crippen molar-refractivity contribution in [2.75, 3.05) is 5.73 Å². The Labute approximate surface area is 242 Å². The SMILES string of the molecule is C/C=C(\C=C/C(=O)/C=C\O)C(=O)NCc1ccc(-n2c(-c3cccnc3N)nc3ccc(-c4ccccc4)nc32)cc1. The van der Waals surface area contributed by atoms with E-state index in [4.69, 9.17) is 20.8 Å². The Bertz CT molecular complexity index is 1840. The molecule has 0 aliphatic carbocycles. The lowest BCUT2D eigenvalue weighted by Gasteiger charge is -2.12. The van der Waals surface area contributed by atoms with Gasteiger partial charge >= 0.3 is 0 Å². The van der Waals surface area contributed by atoms with E-state index in [1.165, 1.54) is 12.2 Å². The fourth-order valence-electron chi connectivity index (χ4n) is 4.41. The number of anilines is 1. The van der Waals surface area contributed by atoms with E-state index in [1.807, 2.05) is 83.4 Å². The zero-order valence-corrected chi connectivity index (χ0v) is 22.8. The van der Waals surface area contributed by atoms with E-state index in [-0.39, 0.29) is 12.5 Å². The van der Waals surface area contributed by atoms with Gasteiger partial charge in [-0.05, 0) is 61.0 Å².